The second-order valence-corrected chi connectivity index (χ2v) is 5.11. The van der Waals surface area contributed by atoms with E-state index < -0.39 is 17.9 Å². The molecule has 0 aliphatic rings. The lowest BCUT2D eigenvalue weighted by Gasteiger charge is -2.16. The van der Waals surface area contributed by atoms with Crippen molar-refractivity contribution >= 4 is 33.5 Å². The Morgan fingerprint density at radius 3 is 2.70 bits per heavy atom. The van der Waals surface area contributed by atoms with Crippen LogP contribution in [0, 0.1) is 0 Å². The van der Waals surface area contributed by atoms with Crippen molar-refractivity contribution in [1.29, 1.82) is 0 Å². The zero-order valence-electron chi connectivity index (χ0n) is 10.8. The van der Waals surface area contributed by atoms with Crippen LogP contribution in [0.15, 0.2) is 28.7 Å². The molecule has 1 rings (SSSR count). The molecule has 6 nitrogen and oxygen atoms in total. The van der Waals surface area contributed by atoms with Gasteiger partial charge in [0.1, 0.15) is 6.04 Å². The van der Waals surface area contributed by atoms with Crippen molar-refractivity contribution in [3.63, 3.8) is 0 Å². The summed E-state index contributed by atoms with van der Waals surface area (Å²) < 4.78 is 0.725. The number of para-hydroxylation sites is 1. The monoisotopic (exact) mass is 344 g/mol. The third-order valence-electron chi connectivity index (χ3n) is 2.67. The second-order valence-electron chi connectivity index (χ2n) is 4.26. The Bertz CT molecular complexity index is 467. The second kappa shape index (κ2) is 8.68. The van der Waals surface area contributed by atoms with Gasteiger partial charge in [-0.2, -0.15) is 0 Å². The maximum Gasteiger partial charge on any atom is 0.230 e. The normalized spacial score (nSPS) is 11.9. The smallest absolute Gasteiger partial charge is 0.230 e. The molecule has 0 unspecified atom stereocenters. The van der Waals surface area contributed by atoms with Crippen molar-refractivity contribution in [2.75, 3.05) is 18.5 Å². The first-order chi connectivity index (χ1) is 9.54. The zero-order chi connectivity index (χ0) is 15.0. The van der Waals surface area contributed by atoms with Crippen LogP contribution in [0.4, 0.5) is 5.69 Å². The number of aliphatic hydroxyl groups excluding tert-OH is 1. The van der Waals surface area contributed by atoms with Gasteiger partial charge in [-0.05, 0) is 28.1 Å². The van der Waals surface area contributed by atoms with E-state index in [9.17, 15) is 14.7 Å². The summed E-state index contributed by atoms with van der Waals surface area (Å²) >= 11 is 3.29. The molecule has 1 aromatic carbocycles. The molecule has 0 heterocycles. The minimum Gasteiger partial charge on any atom is -0.544 e. The molecule has 0 saturated heterocycles. The van der Waals surface area contributed by atoms with E-state index in [0.717, 1.165) is 4.47 Å². The summed E-state index contributed by atoms with van der Waals surface area (Å²) in [6.45, 7) is 0.414. The minimum atomic E-state index is -1.29. The standard InChI is InChI=1S/C13H17BrN2O4/c14-9-4-1-2-5-10(9)16-12(18)8-11(13(19)20)15-6-3-7-17/h1-2,4-5,11,15,17H,3,6-8H2,(H,16,18)(H,19,20)/t11-/m0/s1. The molecular weight excluding hydrogens is 328 g/mol. The van der Waals surface area contributed by atoms with E-state index in [0.29, 0.717) is 18.7 Å². The van der Waals surface area contributed by atoms with Gasteiger partial charge in [0, 0.05) is 17.5 Å². The van der Waals surface area contributed by atoms with E-state index >= 15 is 0 Å². The number of carbonyl (C=O) groups excluding carboxylic acids is 2. The van der Waals surface area contributed by atoms with Gasteiger partial charge in [0.2, 0.25) is 5.91 Å². The van der Waals surface area contributed by atoms with Crippen molar-refractivity contribution in [3.05, 3.63) is 28.7 Å². The van der Waals surface area contributed by atoms with Gasteiger partial charge in [-0.1, -0.05) is 12.1 Å². The number of carboxylic acids is 1. The highest BCUT2D eigenvalue weighted by atomic mass is 79.9. The van der Waals surface area contributed by atoms with Crippen molar-refractivity contribution in [3.8, 4) is 0 Å². The Morgan fingerprint density at radius 1 is 1.40 bits per heavy atom. The number of nitrogens with two attached hydrogens (primary N) is 1. The first-order valence-corrected chi connectivity index (χ1v) is 7.03. The van der Waals surface area contributed by atoms with Gasteiger partial charge < -0.3 is 25.6 Å². The number of aliphatic hydroxyl groups is 1. The molecule has 0 saturated carbocycles. The van der Waals surface area contributed by atoms with Crippen molar-refractivity contribution in [2.24, 2.45) is 0 Å². The van der Waals surface area contributed by atoms with Crippen LogP contribution in [0.25, 0.3) is 0 Å². The molecule has 0 fully saturated rings. The number of anilines is 1. The summed E-state index contributed by atoms with van der Waals surface area (Å²) in [6.07, 6.45) is 0.282. The fraction of sp³-hybridized carbons (Fsp3) is 0.385. The Labute approximate surface area is 125 Å². The molecule has 20 heavy (non-hydrogen) atoms. The summed E-state index contributed by atoms with van der Waals surface area (Å²) in [5, 5.41) is 23.7. The maximum atomic E-state index is 11.8. The fourth-order valence-electron chi connectivity index (χ4n) is 1.64. The van der Waals surface area contributed by atoms with Gasteiger partial charge in [0.25, 0.3) is 0 Å². The number of carbonyl (C=O) groups is 2. The van der Waals surface area contributed by atoms with Crippen LogP contribution in [-0.4, -0.2) is 36.2 Å². The van der Waals surface area contributed by atoms with Gasteiger partial charge in [0.15, 0.2) is 0 Å². The molecule has 0 aromatic heterocycles. The number of amides is 1. The quantitative estimate of drug-likeness (QED) is 0.517. The van der Waals surface area contributed by atoms with Gasteiger partial charge in [0.05, 0.1) is 24.6 Å². The highest BCUT2D eigenvalue weighted by Crippen LogP contribution is 2.21. The molecule has 0 aliphatic heterocycles. The summed E-state index contributed by atoms with van der Waals surface area (Å²) in [4.78, 5) is 22.8. The number of hydrogen-bond donors (Lipinski definition) is 3. The van der Waals surface area contributed by atoms with Crippen LogP contribution in [0.3, 0.4) is 0 Å². The van der Waals surface area contributed by atoms with E-state index in [1.54, 1.807) is 18.2 Å². The number of halogens is 1. The Hall–Kier alpha value is -1.44. The van der Waals surface area contributed by atoms with E-state index in [1.165, 1.54) is 5.32 Å². The highest BCUT2D eigenvalue weighted by Gasteiger charge is 2.18. The molecular formula is C13H17BrN2O4. The Kier molecular flexibility index (Phi) is 7.21. The number of quaternary nitrogens is 1. The van der Waals surface area contributed by atoms with Crippen LogP contribution in [0.2, 0.25) is 0 Å². The van der Waals surface area contributed by atoms with Gasteiger partial charge >= 0.3 is 0 Å². The van der Waals surface area contributed by atoms with Crippen molar-refractivity contribution in [1.82, 2.24) is 0 Å². The lowest BCUT2D eigenvalue weighted by atomic mass is 10.2. The molecule has 7 heteroatoms. The highest BCUT2D eigenvalue weighted by molar-refractivity contribution is 9.10. The number of benzene rings is 1. The average molecular weight is 345 g/mol. The van der Waals surface area contributed by atoms with E-state index in [2.05, 4.69) is 21.2 Å². The molecule has 1 aromatic rings. The maximum absolute atomic E-state index is 11.8. The van der Waals surface area contributed by atoms with Crippen LogP contribution in [0.5, 0.6) is 0 Å². The first kappa shape index (κ1) is 16.6. The van der Waals surface area contributed by atoms with E-state index in [4.69, 9.17) is 5.11 Å². The number of carboxylic acid groups (broad SMARTS) is 1. The van der Waals surface area contributed by atoms with Crippen LogP contribution >= 0.6 is 15.9 Å². The minimum absolute atomic E-state index is 0.0145. The topological polar surface area (TPSA) is 106 Å². The Balaban J connectivity index is 2.54. The molecule has 110 valence electrons. The molecule has 0 aliphatic carbocycles. The zero-order valence-corrected chi connectivity index (χ0v) is 12.4. The van der Waals surface area contributed by atoms with Crippen LogP contribution in [-0.2, 0) is 9.59 Å². The number of aliphatic carboxylic acids is 1. The number of rotatable bonds is 8. The predicted octanol–water partition coefficient (Wildman–Crippen LogP) is -1.16. The van der Waals surface area contributed by atoms with Crippen LogP contribution in [0.1, 0.15) is 12.8 Å². The summed E-state index contributed by atoms with van der Waals surface area (Å²) in [5.74, 6) is -1.68. The molecule has 1 atom stereocenters. The number of hydrogen-bond acceptors (Lipinski definition) is 4. The summed E-state index contributed by atoms with van der Waals surface area (Å²) in [6, 6.07) is 6.12. The lowest BCUT2D eigenvalue weighted by Crippen LogP contribution is -2.93. The van der Waals surface area contributed by atoms with E-state index in [1.807, 2.05) is 6.07 Å². The van der Waals surface area contributed by atoms with Crippen molar-refractivity contribution in [2.45, 2.75) is 18.9 Å². The molecule has 0 radical (unpaired) electrons. The molecule has 4 N–H and O–H groups in total. The lowest BCUT2D eigenvalue weighted by molar-refractivity contribution is -0.682. The first-order valence-electron chi connectivity index (χ1n) is 6.24. The van der Waals surface area contributed by atoms with Gasteiger partial charge in [-0.15, -0.1) is 0 Å². The number of nitrogens with one attached hydrogen (secondary N) is 1. The summed E-state index contributed by atoms with van der Waals surface area (Å²) in [5.41, 5.74) is 0.588. The predicted molar refractivity (Wildman–Crippen MR) is 74.7 cm³/mol. The van der Waals surface area contributed by atoms with Gasteiger partial charge in [-0.25, -0.2) is 0 Å². The van der Waals surface area contributed by atoms with Crippen molar-refractivity contribution < 1.29 is 25.1 Å². The molecule has 0 spiro atoms. The fourth-order valence-corrected chi connectivity index (χ4v) is 2.02. The SMILES string of the molecule is O=C(C[C@H]([NH2+]CCCO)C(=O)[O-])Nc1ccccc1Br. The molecule has 1 amide bonds. The van der Waals surface area contributed by atoms with Crippen LogP contribution < -0.4 is 15.7 Å². The third kappa shape index (κ3) is 5.68. The van der Waals surface area contributed by atoms with Gasteiger partial charge in [-0.3, -0.25) is 4.79 Å². The largest absolute Gasteiger partial charge is 0.544 e. The average Bonchev–Trinajstić information content (AvgIpc) is 2.40. The Morgan fingerprint density at radius 2 is 2.10 bits per heavy atom. The third-order valence-corrected chi connectivity index (χ3v) is 3.36. The summed E-state index contributed by atoms with van der Waals surface area (Å²) in [7, 11) is 0. The van der Waals surface area contributed by atoms with E-state index in [-0.39, 0.29) is 13.0 Å². The molecule has 0 bridgehead atoms.